The van der Waals surface area contributed by atoms with E-state index in [0.717, 1.165) is 70.6 Å². The number of unbranched alkanes of at least 4 members (excludes halogenated alkanes) is 15. The third-order valence-corrected chi connectivity index (χ3v) is 9.18. The van der Waals surface area contributed by atoms with Gasteiger partial charge in [0.05, 0.1) is 25.4 Å². The minimum absolute atomic E-state index is 0.0851. The van der Waals surface area contributed by atoms with E-state index >= 15 is 0 Å². The second-order valence-corrected chi connectivity index (χ2v) is 14.2. The molecule has 0 radical (unpaired) electrons. The number of aliphatic hydroxyl groups is 1. The first-order valence-electron chi connectivity index (χ1n) is 19.3. The van der Waals surface area contributed by atoms with Crippen LogP contribution < -0.4 is 11.1 Å². The quantitative estimate of drug-likeness (QED) is 0.0295. The highest BCUT2D eigenvalue weighted by Gasteiger charge is 2.27. The van der Waals surface area contributed by atoms with Crippen LogP contribution in [0.25, 0.3) is 0 Å². The Labute approximate surface area is 294 Å². The number of carbonyl (C=O) groups excluding carboxylic acids is 1. The Morgan fingerprint density at radius 1 is 0.708 bits per heavy atom. The molecule has 1 amide bonds. The second kappa shape index (κ2) is 35.3. The van der Waals surface area contributed by atoms with Gasteiger partial charge in [0.15, 0.2) is 0 Å². The van der Waals surface area contributed by atoms with E-state index in [1.807, 2.05) is 0 Å². The summed E-state index contributed by atoms with van der Waals surface area (Å²) < 4.78 is 22.0. The van der Waals surface area contributed by atoms with Crippen molar-refractivity contribution in [1.82, 2.24) is 5.32 Å². The highest BCUT2D eigenvalue weighted by atomic mass is 31.2. The van der Waals surface area contributed by atoms with E-state index in [4.69, 9.17) is 14.8 Å². The van der Waals surface area contributed by atoms with Gasteiger partial charge in [0.2, 0.25) is 5.91 Å². The molecule has 280 valence electrons. The molecule has 48 heavy (non-hydrogen) atoms. The molecule has 0 bridgehead atoms. The molecule has 0 heterocycles. The van der Waals surface area contributed by atoms with Crippen LogP contribution in [0.5, 0.6) is 0 Å². The number of hydrogen-bond donors (Lipinski definition) is 4. The Bertz CT molecular complexity index is 892. The molecule has 0 aromatic rings. The molecule has 9 heteroatoms. The molecule has 0 saturated carbocycles. The standard InChI is InChI=1S/C39H73N2O6P/c1-3-5-7-9-11-13-14-15-16-17-18-19-20-21-22-23-24-25-27-29-31-33-39(43)41-37(36-47-48(44,45)46-35-34-40)38(42)32-30-28-26-12-10-8-6-4-2/h5,7,11,13,15-16,18-19,37-38,42H,3-4,6,8-10,12,14,17,20-36,40H2,1-2H3,(H,41,43)(H,44,45)/b7-5-,13-11-,16-15-,19-18-. The van der Waals surface area contributed by atoms with Crippen molar-refractivity contribution in [2.45, 2.75) is 174 Å². The smallest absolute Gasteiger partial charge is 0.391 e. The summed E-state index contributed by atoms with van der Waals surface area (Å²) in [5.41, 5.74) is 5.35. The Balaban J connectivity index is 4.12. The average Bonchev–Trinajstić information content (AvgIpc) is 3.07. The van der Waals surface area contributed by atoms with Gasteiger partial charge in [-0.05, 0) is 51.4 Å². The van der Waals surface area contributed by atoms with Gasteiger partial charge in [0.1, 0.15) is 0 Å². The predicted molar refractivity (Wildman–Crippen MR) is 203 cm³/mol. The third-order valence-electron chi connectivity index (χ3n) is 8.20. The fourth-order valence-corrected chi connectivity index (χ4v) is 6.06. The fraction of sp³-hybridized carbons (Fsp3) is 0.769. The number of amides is 1. The molecule has 8 nitrogen and oxygen atoms in total. The highest BCUT2D eigenvalue weighted by Crippen LogP contribution is 2.43. The topological polar surface area (TPSA) is 131 Å². The maximum absolute atomic E-state index is 12.7. The lowest BCUT2D eigenvalue weighted by Gasteiger charge is -2.25. The summed E-state index contributed by atoms with van der Waals surface area (Å²) in [5.74, 6) is -0.176. The summed E-state index contributed by atoms with van der Waals surface area (Å²) in [5, 5.41) is 13.7. The first kappa shape index (κ1) is 46.5. The number of rotatable bonds is 35. The van der Waals surface area contributed by atoms with Crippen LogP contribution in [-0.4, -0.2) is 47.8 Å². The number of allylic oxidation sites excluding steroid dienone is 8. The molecule has 0 fully saturated rings. The first-order valence-corrected chi connectivity index (χ1v) is 20.7. The van der Waals surface area contributed by atoms with Crippen molar-refractivity contribution in [1.29, 1.82) is 0 Å². The van der Waals surface area contributed by atoms with Crippen LogP contribution in [0.15, 0.2) is 48.6 Å². The molecule has 5 N–H and O–H groups in total. The molecular formula is C39H73N2O6P. The zero-order chi connectivity index (χ0) is 35.4. The number of aliphatic hydroxyl groups excluding tert-OH is 1. The minimum atomic E-state index is -4.31. The minimum Gasteiger partial charge on any atom is -0.391 e. The van der Waals surface area contributed by atoms with Gasteiger partial charge in [0.25, 0.3) is 0 Å². The Hall–Kier alpha value is -1.54. The van der Waals surface area contributed by atoms with Gasteiger partial charge >= 0.3 is 7.82 Å². The van der Waals surface area contributed by atoms with Gasteiger partial charge in [0, 0.05) is 13.0 Å². The van der Waals surface area contributed by atoms with Crippen LogP contribution in [0, 0.1) is 0 Å². The molecule has 0 saturated heterocycles. The molecule has 0 aliphatic carbocycles. The van der Waals surface area contributed by atoms with E-state index in [1.54, 1.807) is 0 Å². The molecular weight excluding hydrogens is 623 g/mol. The molecule has 0 aliphatic rings. The molecule has 0 aliphatic heterocycles. The number of phosphoric ester groups is 1. The number of nitrogens with one attached hydrogen (secondary N) is 1. The van der Waals surface area contributed by atoms with Crippen LogP contribution in [0.1, 0.15) is 162 Å². The van der Waals surface area contributed by atoms with Gasteiger partial charge in [-0.1, -0.05) is 152 Å². The van der Waals surface area contributed by atoms with E-state index in [0.29, 0.717) is 12.8 Å². The number of carbonyl (C=O) groups is 1. The van der Waals surface area contributed by atoms with Crippen molar-refractivity contribution >= 4 is 13.7 Å². The van der Waals surface area contributed by atoms with Crippen LogP contribution in [0.4, 0.5) is 0 Å². The van der Waals surface area contributed by atoms with Gasteiger partial charge in [-0.25, -0.2) is 4.57 Å². The molecule has 0 aromatic carbocycles. The lowest BCUT2D eigenvalue weighted by molar-refractivity contribution is -0.123. The normalized spacial score (nSPS) is 14.9. The molecule has 3 unspecified atom stereocenters. The van der Waals surface area contributed by atoms with Crippen LogP contribution in [-0.2, 0) is 18.4 Å². The van der Waals surface area contributed by atoms with E-state index in [-0.39, 0.29) is 25.7 Å². The second-order valence-electron chi connectivity index (χ2n) is 12.8. The Kier molecular flexibility index (Phi) is 34.2. The lowest BCUT2D eigenvalue weighted by Crippen LogP contribution is -2.46. The first-order chi connectivity index (χ1) is 23.4. The highest BCUT2D eigenvalue weighted by molar-refractivity contribution is 7.47. The lowest BCUT2D eigenvalue weighted by atomic mass is 10.0. The molecule has 0 rings (SSSR count). The van der Waals surface area contributed by atoms with Gasteiger partial charge in [-0.2, -0.15) is 0 Å². The summed E-state index contributed by atoms with van der Waals surface area (Å²) in [7, 11) is -4.31. The summed E-state index contributed by atoms with van der Waals surface area (Å²) >= 11 is 0. The number of hydrogen-bond acceptors (Lipinski definition) is 6. The van der Waals surface area contributed by atoms with Crippen LogP contribution in [0.3, 0.4) is 0 Å². The fourth-order valence-electron chi connectivity index (χ4n) is 5.30. The summed E-state index contributed by atoms with van der Waals surface area (Å²) in [6.07, 6.45) is 41.3. The summed E-state index contributed by atoms with van der Waals surface area (Å²) in [6.45, 7) is 4.03. The van der Waals surface area contributed by atoms with Crippen LogP contribution >= 0.6 is 7.82 Å². The summed E-state index contributed by atoms with van der Waals surface area (Å²) in [4.78, 5) is 22.6. The Morgan fingerprint density at radius 2 is 1.21 bits per heavy atom. The SMILES string of the molecule is CC/C=C\C/C=C\C/C=C\C/C=C\CCCCCCCCCCC(=O)NC(COP(=O)(O)OCCN)C(O)CCCCCCCCCC. The third kappa shape index (κ3) is 33.0. The predicted octanol–water partition coefficient (Wildman–Crippen LogP) is 10.2. The average molecular weight is 697 g/mol. The zero-order valence-corrected chi connectivity index (χ0v) is 31.6. The monoisotopic (exact) mass is 697 g/mol. The van der Waals surface area contributed by atoms with Gasteiger partial charge < -0.3 is 21.1 Å². The maximum Gasteiger partial charge on any atom is 0.472 e. The van der Waals surface area contributed by atoms with Crippen molar-refractivity contribution in [3.05, 3.63) is 48.6 Å². The van der Waals surface area contributed by atoms with Crippen molar-refractivity contribution in [3.8, 4) is 0 Å². The maximum atomic E-state index is 12.7. The largest absolute Gasteiger partial charge is 0.472 e. The van der Waals surface area contributed by atoms with Crippen molar-refractivity contribution in [2.75, 3.05) is 19.8 Å². The van der Waals surface area contributed by atoms with E-state index in [2.05, 4.69) is 67.8 Å². The number of phosphoric acid groups is 1. The molecule has 0 aromatic heterocycles. The van der Waals surface area contributed by atoms with E-state index < -0.39 is 20.0 Å². The Morgan fingerprint density at radius 3 is 1.77 bits per heavy atom. The van der Waals surface area contributed by atoms with Gasteiger partial charge in [-0.3, -0.25) is 13.8 Å². The van der Waals surface area contributed by atoms with Crippen molar-refractivity contribution < 1.29 is 28.4 Å². The zero-order valence-electron chi connectivity index (χ0n) is 30.7. The molecule has 3 atom stereocenters. The van der Waals surface area contributed by atoms with Crippen molar-refractivity contribution in [3.63, 3.8) is 0 Å². The summed E-state index contributed by atoms with van der Waals surface area (Å²) in [6, 6.07) is -0.777. The van der Waals surface area contributed by atoms with Crippen molar-refractivity contribution in [2.24, 2.45) is 5.73 Å². The van der Waals surface area contributed by atoms with E-state index in [9.17, 15) is 19.4 Å². The van der Waals surface area contributed by atoms with Crippen LogP contribution in [0.2, 0.25) is 0 Å². The van der Waals surface area contributed by atoms with E-state index in [1.165, 1.54) is 64.2 Å². The van der Waals surface area contributed by atoms with Gasteiger partial charge in [-0.15, -0.1) is 0 Å². The molecule has 0 spiro atoms. The number of nitrogens with two attached hydrogens (primary N) is 1.